The van der Waals surface area contributed by atoms with Crippen LogP contribution in [-0.4, -0.2) is 27.1 Å². The molecule has 3 rings (SSSR count). The minimum atomic E-state index is -0.131. The van der Waals surface area contributed by atoms with Gasteiger partial charge in [0.1, 0.15) is 5.76 Å². The molecule has 1 aromatic carbocycles. The highest BCUT2D eigenvalue weighted by atomic mass is 16.3. The van der Waals surface area contributed by atoms with E-state index in [-0.39, 0.29) is 12.3 Å². The van der Waals surface area contributed by atoms with Gasteiger partial charge in [-0.2, -0.15) is 10.4 Å². The number of nitriles is 1. The van der Waals surface area contributed by atoms with Gasteiger partial charge in [0.2, 0.25) is 0 Å². The van der Waals surface area contributed by atoms with E-state index in [1.165, 1.54) is 0 Å². The van der Waals surface area contributed by atoms with Crippen molar-refractivity contribution in [1.82, 2.24) is 14.7 Å². The van der Waals surface area contributed by atoms with Gasteiger partial charge in [0, 0.05) is 24.5 Å². The molecule has 2 heterocycles. The third kappa shape index (κ3) is 3.52. The van der Waals surface area contributed by atoms with Crippen molar-refractivity contribution in [3.63, 3.8) is 0 Å². The van der Waals surface area contributed by atoms with Gasteiger partial charge in [0.05, 0.1) is 31.0 Å². The molecular weight excluding hydrogens is 304 g/mol. The predicted octanol–water partition coefficient (Wildman–Crippen LogP) is 3.02. The fourth-order valence-electron chi connectivity index (χ4n) is 2.39. The first-order valence-electron chi connectivity index (χ1n) is 7.56. The summed E-state index contributed by atoms with van der Waals surface area (Å²) < 4.78 is 7.04. The maximum atomic E-state index is 12.7. The molecule has 120 valence electrons. The second-order valence-corrected chi connectivity index (χ2v) is 5.21. The van der Waals surface area contributed by atoms with Crippen molar-refractivity contribution in [3.8, 4) is 11.8 Å². The molecule has 0 radical (unpaired) electrons. The van der Waals surface area contributed by atoms with Crippen LogP contribution in [0.5, 0.6) is 0 Å². The first kappa shape index (κ1) is 15.6. The van der Waals surface area contributed by atoms with Crippen molar-refractivity contribution in [3.05, 3.63) is 72.4 Å². The van der Waals surface area contributed by atoms with Crippen LogP contribution in [0.4, 0.5) is 0 Å². The molecule has 3 aromatic rings. The third-order valence-electron chi connectivity index (χ3n) is 3.59. The Morgan fingerprint density at radius 2 is 2.08 bits per heavy atom. The Bertz CT molecular complexity index is 815. The van der Waals surface area contributed by atoms with Crippen LogP contribution in [0, 0.1) is 11.3 Å². The van der Waals surface area contributed by atoms with Crippen LogP contribution in [0.15, 0.2) is 65.5 Å². The van der Waals surface area contributed by atoms with Crippen LogP contribution in [0.2, 0.25) is 0 Å². The number of aromatic nitrogens is 2. The van der Waals surface area contributed by atoms with E-state index in [4.69, 9.17) is 9.68 Å². The van der Waals surface area contributed by atoms with E-state index in [0.29, 0.717) is 24.4 Å². The fourth-order valence-corrected chi connectivity index (χ4v) is 2.39. The van der Waals surface area contributed by atoms with Crippen molar-refractivity contribution < 1.29 is 9.21 Å². The van der Waals surface area contributed by atoms with Crippen molar-refractivity contribution in [2.24, 2.45) is 0 Å². The number of amides is 1. The van der Waals surface area contributed by atoms with Gasteiger partial charge in [-0.3, -0.25) is 4.79 Å². The summed E-state index contributed by atoms with van der Waals surface area (Å²) in [6.45, 7) is 0.700. The monoisotopic (exact) mass is 320 g/mol. The number of nitrogens with zero attached hydrogens (tertiary/aromatic N) is 4. The summed E-state index contributed by atoms with van der Waals surface area (Å²) in [5.74, 6) is 0.558. The molecule has 0 saturated heterocycles. The van der Waals surface area contributed by atoms with E-state index in [0.717, 1.165) is 5.69 Å². The number of carbonyl (C=O) groups excluding carboxylic acids is 1. The van der Waals surface area contributed by atoms with Crippen molar-refractivity contribution >= 4 is 5.91 Å². The molecule has 0 aliphatic carbocycles. The Kier molecular flexibility index (Phi) is 4.73. The minimum absolute atomic E-state index is 0.131. The smallest absolute Gasteiger partial charge is 0.254 e. The highest BCUT2D eigenvalue weighted by molar-refractivity contribution is 5.94. The van der Waals surface area contributed by atoms with Gasteiger partial charge in [0.25, 0.3) is 5.91 Å². The van der Waals surface area contributed by atoms with Gasteiger partial charge in [-0.1, -0.05) is 0 Å². The number of benzene rings is 1. The first-order valence-corrected chi connectivity index (χ1v) is 7.56. The molecular formula is C18H16N4O2. The topological polar surface area (TPSA) is 75.1 Å². The maximum absolute atomic E-state index is 12.7. The molecule has 24 heavy (non-hydrogen) atoms. The van der Waals surface area contributed by atoms with E-state index in [2.05, 4.69) is 11.2 Å². The molecule has 0 aliphatic rings. The number of hydrogen-bond acceptors (Lipinski definition) is 4. The van der Waals surface area contributed by atoms with Crippen molar-refractivity contribution in [2.75, 3.05) is 6.54 Å². The Morgan fingerprint density at radius 1 is 1.25 bits per heavy atom. The van der Waals surface area contributed by atoms with Crippen LogP contribution < -0.4 is 0 Å². The van der Waals surface area contributed by atoms with Crippen molar-refractivity contribution in [1.29, 1.82) is 5.26 Å². The van der Waals surface area contributed by atoms with Crippen LogP contribution >= 0.6 is 0 Å². The number of rotatable bonds is 6. The second kappa shape index (κ2) is 7.29. The highest BCUT2D eigenvalue weighted by Gasteiger charge is 2.17. The van der Waals surface area contributed by atoms with Crippen LogP contribution in [0.3, 0.4) is 0 Å². The van der Waals surface area contributed by atoms with Gasteiger partial charge in [0.15, 0.2) is 0 Å². The SMILES string of the molecule is N#CCCN(Cc1ccco1)C(=O)c1ccc(-n2cccn2)cc1. The Labute approximate surface area is 139 Å². The summed E-state index contributed by atoms with van der Waals surface area (Å²) in [4.78, 5) is 14.3. The molecule has 0 bridgehead atoms. The predicted molar refractivity (Wildman–Crippen MR) is 87.2 cm³/mol. The number of carbonyl (C=O) groups is 1. The zero-order valence-electron chi connectivity index (χ0n) is 13.0. The lowest BCUT2D eigenvalue weighted by Gasteiger charge is -2.20. The zero-order valence-corrected chi connectivity index (χ0v) is 13.0. The Balaban J connectivity index is 1.77. The molecule has 0 atom stereocenters. The molecule has 0 spiro atoms. The summed E-state index contributed by atoms with van der Waals surface area (Å²) in [6.07, 6.45) is 5.39. The minimum Gasteiger partial charge on any atom is -0.467 e. The number of furan rings is 1. The highest BCUT2D eigenvalue weighted by Crippen LogP contribution is 2.14. The van der Waals surface area contributed by atoms with Gasteiger partial charge in [-0.05, 0) is 42.5 Å². The molecule has 1 amide bonds. The van der Waals surface area contributed by atoms with Crippen molar-refractivity contribution in [2.45, 2.75) is 13.0 Å². The second-order valence-electron chi connectivity index (χ2n) is 5.21. The van der Waals surface area contributed by atoms with Crippen LogP contribution in [0.1, 0.15) is 22.5 Å². The molecule has 0 saturated carbocycles. The van der Waals surface area contributed by atoms with E-state index >= 15 is 0 Å². The molecule has 2 aromatic heterocycles. The summed E-state index contributed by atoms with van der Waals surface area (Å²) in [6, 6.07) is 14.7. The molecule has 0 N–H and O–H groups in total. The van der Waals surface area contributed by atoms with Gasteiger partial charge in [-0.15, -0.1) is 0 Å². The largest absolute Gasteiger partial charge is 0.467 e. The quantitative estimate of drug-likeness (QED) is 0.699. The molecule has 6 nitrogen and oxygen atoms in total. The zero-order chi connectivity index (χ0) is 16.8. The summed E-state index contributed by atoms with van der Waals surface area (Å²) in [5, 5.41) is 13.0. The average Bonchev–Trinajstić information content (AvgIpc) is 3.32. The third-order valence-corrected chi connectivity index (χ3v) is 3.59. The van der Waals surface area contributed by atoms with Gasteiger partial charge >= 0.3 is 0 Å². The van der Waals surface area contributed by atoms with Crippen LogP contribution in [-0.2, 0) is 6.54 Å². The van der Waals surface area contributed by atoms with E-state index in [1.54, 1.807) is 40.2 Å². The average molecular weight is 320 g/mol. The Hall–Kier alpha value is -3.33. The normalized spacial score (nSPS) is 10.3. The lowest BCUT2D eigenvalue weighted by atomic mass is 10.1. The molecule has 0 aliphatic heterocycles. The summed E-state index contributed by atoms with van der Waals surface area (Å²) in [5.41, 5.74) is 1.45. The Morgan fingerprint density at radius 3 is 2.71 bits per heavy atom. The molecule has 6 heteroatoms. The molecule has 0 fully saturated rings. The van der Waals surface area contributed by atoms with Gasteiger partial charge < -0.3 is 9.32 Å². The van der Waals surface area contributed by atoms with E-state index < -0.39 is 0 Å². The maximum Gasteiger partial charge on any atom is 0.254 e. The first-order chi connectivity index (χ1) is 11.8. The standard InChI is InChI=1S/C18H16N4O2/c19-9-2-11-21(14-17-4-1-13-24-17)18(23)15-5-7-16(8-6-15)22-12-3-10-20-22/h1,3-8,10,12-13H,2,11,14H2. The summed E-state index contributed by atoms with van der Waals surface area (Å²) >= 11 is 0. The molecule has 0 unspecified atom stereocenters. The van der Waals surface area contributed by atoms with Gasteiger partial charge in [-0.25, -0.2) is 4.68 Å². The number of hydrogen-bond donors (Lipinski definition) is 0. The van der Waals surface area contributed by atoms with E-state index in [9.17, 15) is 4.79 Å². The summed E-state index contributed by atoms with van der Waals surface area (Å²) in [7, 11) is 0. The fraction of sp³-hybridized carbons (Fsp3) is 0.167. The van der Waals surface area contributed by atoms with E-state index in [1.807, 2.05) is 30.5 Å². The lowest BCUT2D eigenvalue weighted by molar-refractivity contribution is 0.0735. The lowest BCUT2D eigenvalue weighted by Crippen LogP contribution is -2.31. The van der Waals surface area contributed by atoms with Crippen LogP contribution in [0.25, 0.3) is 5.69 Å².